The van der Waals surface area contributed by atoms with Gasteiger partial charge in [0.2, 0.25) is 5.91 Å². The predicted octanol–water partition coefficient (Wildman–Crippen LogP) is 0.456. The van der Waals surface area contributed by atoms with Crippen molar-refractivity contribution in [1.29, 1.82) is 0 Å². The summed E-state index contributed by atoms with van der Waals surface area (Å²) in [6, 6.07) is 5.04. The Labute approximate surface area is 177 Å². The van der Waals surface area contributed by atoms with Crippen molar-refractivity contribution in [3.8, 4) is 11.4 Å². The Morgan fingerprint density at radius 3 is 2.55 bits per heavy atom. The smallest absolute Gasteiger partial charge is 0.332 e. The lowest BCUT2D eigenvalue weighted by molar-refractivity contribution is -0.118. The summed E-state index contributed by atoms with van der Waals surface area (Å²) in [5, 5.41) is 4.89. The molecule has 2 aromatic rings. The van der Waals surface area contributed by atoms with Gasteiger partial charge in [0.25, 0.3) is 0 Å². The van der Waals surface area contributed by atoms with E-state index in [9.17, 15) is 14.4 Å². The number of aromatic nitrogens is 3. The minimum Gasteiger partial charge on any atom is -0.379 e. The van der Waals surface area contributed by atoms with Gasteiger partial charge in [0, 0.05) is 37.3 Å². The van der Waals surface area contributed by atoms with Crippen molar-refractivity contribution in [3.05, 3.63) is 43.9 Å². The number of rotatable bonds is 3. The van der Waals surface area contributed by atoms with Crippen LogP contribution in [0.2, 0.25) is 5.02 Å². The Hall–Kier alpha value is -2.20. The highest BCUT2D eigenvalue weighted by atomic mass is 35.5. The molecule has 2 aliphatic rings. The normalized spacial score (nSPS) is 16.6. The first kappa shape index (κ1) is 21.5. The summed E-state index contributed by atoms with van der Waals surface area (Å²) in [5.74, 6) is -0.0431. The summed E-state index contributed by atoms with van der Waals surface area (Å²) < 4.78 is 7.64. The van der Waals surface area contributed by atoms with Crippen LogP contribution in [0.15, 0.2) is 27.8 Å². The molecule has 1 aromatic heterocycles. The van der Waals surface area contributed by atoms with E-state index < -0.39 is 11.1 Å². The molecule has 1 fully saturated rings. The van der Waals surface area contributed by atoms with Gasteiger partial charge in [0.1, 0.15) is 6.54 Å². The number of carbonyl (C=O) groups excluding carboxylic acids is 1. The highest BCUT2D eigenvalue weighted by Gasteiger charge is 2.27. The number of ether oxygens (including phenoxy) is 1. The fourth-order valence-electron chi connectivity index (χ4n) is 3.45. The Balaban J connectivity index is 0.00000240. The number of carbonyl (C=O) groups is 1. The zero-order valence-electron chi connectivity index (χ0n) is 15.8. The third kappa shape index (κ3) is 4.09. The molecule has 0 bridgehead atoms. The average molecular weight is 442 g/mol. The van der Waals surface area contributed by atoms with Gasteiger partial charge < -0.3 is 9.64 Å². The number of anilines is 1. The van der Waals surface area contributed by atoms with E-state index in [1.807, 2.05) is 0 Å². The van der Waals surface area contributed by atoms with Gasteiger partial charge in [0.15, 0.2) is 5.82 Å². The predicted molar refractivity (Wildman–Crippen MR) is 111 cm³/mol. The fraction of sp³-hybridized carbons (Fsp3) is 0.444. The fourth-order valence-corrected chi connectivity index (χ4v) is 3.62. The topological polar surface area (TPSA) is 89.7 Å². The number of morpholine rings is 1. The van der Waals surface area contributed by atoms with E-state index in [2.05, 4.69) is 10.00 Å². The number of hydrogen-bond donors (Lipinski definition) is 0. The average Bonchev–Trinajstić information content (AvgIpc) is 2.80. The Kier molecular flexibility index (Phi) is 6.42. The quantitative estimate of drug-likeness (QED) is 0.642. The van der Waals surface area contributed by atoms with Crippen LogP contribution in [0, 0.1) is 0 Å². The van der Waals surface area contributed by atoms with Gasteiger partial charge in [-0.05, 0) is 18.2 Å². The molecule has 3 heterocycles. The second kappa shape index (κ2) is 8.66. The molecule has 0 spiro atoms. The summed E-state index contributed by atoms with van der Waals surface area (Å²) in [7, 11) is 1.62. The van der Waals surface area contributed by atoms with Crippen LogP contribution < -0.4 is 16.0 Å². The molecule has 1 saturated heterocycles. The van der Waals surface area contributed by atoms with E-state index >= 15 is 0 Å². The zero-order chi connectivity index (χ0) is 19.8. The molecule has 0 unspecified atom stereocenters. The number of hydrogen-bond acceptors (Lipinski definition) is 6. The van der Waals surface area contributed by atoms with Gasteiger partial charge in [-0.15, -0.1) is 12.4 Å². The van der Waals surface area contributed by atoms with Crippen molar-refractivity contribution >= 4 is 35.6 Å². The molecule has 0 aliphatic carbocycles. The van der Waals surface area contributed by atoms with Crippen LogP contribution in [0.4, 0.5) is 5.69 Å². The maximum absolute atomic E-state index is 12.7. The Morgan fingerprint density at radius 1 is 1.10 bits per heavy atom. The van der Waals surface area contributed by atoms with Gasteiger partial charge in [-0.3, -0.25) is 23.9 Å². The summed E-state index contributed by atoms with van der Waals surface area (Å²) in [5.41, 5.74) is -0.372. The summed E-state index contributed by atoms with van der Waals surface area (Å²) >= 11 is 6.15. The van der Waals surface area contributed by atoms with Gasteiger partial charge >= 0.3 is 11.1 Å². The maximum atomic E-state index is 12.7. The summed E-state index contributed by atoms with van der Waals surface area (Å²) in [6.45, 7) is 3.46. The standard InChI is InChI=1S/C18H20ClN5O4.ClH/c1-21-14-3-2-12(19)10-13(14)16-20-24(5-4-22-6-8-28-9-7-22)18(27)17(26)23(16)11-15(21)25;/h2-3,10H,4-9,11H2,1H3;1H. The number of amides is 1. The van der Waals surface area contributed by atoms with Crippen LogP contribution in [0.25, 0.3) is 11.4 Å². The molecule has 1 aromatic carbocycles. The minimum atomic E-state index is -0.762. The van der Waals surface area contributed by atoms with Crippen molar-refractivity contribution in [2.75, 3.05) is 44.8 Å². The minimum absolute atomic E-state index is 0. The lowest BCUT2D eigenvalue weighted by atomic mass is 10.1. The van der Waals surface area contributed by atoms with Crippen molar-refractivity contribution in [2.24, 2.45) is 0 Å². The van der Waals surface area contributed by atoms with Crippen molar-refractivity contribution in [3.63, 3.8) is 0 Å². The van der Waals surface area contributed by atoms with E-state index in [4.69, 9.17) is 16.3 Å². The number of halogens is 2. The van der Waals surface area contributed by atoms with Gasteiger partial charge in [-0.2, -0.15) is 5.10 Å². The van der Waals surface area contributed by atoms with E-state index in [1.165, 1.54) is 9.58 Å². The first-order valence-electron chi connectivity index (χ1n) is 9.04. The number of likely N-dealkylation sites (N-methyl/N-ethyl adjacent to an activating group) is 1. The van der Waals surface area contributed by atoms with E-state index in [0.29, 0.717) is 36.0 Å². The highest BCUT2D eigenvalue weighted by molar-refractivity contribution is 6.31. The first-order chi connectivity index (χ1) is 13.5. The second-order valence-corrected chi connectivity index (χ2v) is 7.25. The van der Waals surface area contributed by atoms with Crippen LogP contribution in [0.3, 0.4) is 0 Å². The van der Waals surface area contributed by atoms with Crippen LogP contribution >= 0.6 is 24.0 Å². The Morgan fingerprint density at radius 2 is 1.83 bits per heavy atom. The number of fused-ring (bicyclic) bond motifs is 3. The van der Waals surface area contributed by atoms with E-state index in [-0.39, 0.29) is 37.2 Å². The maximum Gasteiger partial charge on any atom is 0.332 e. The van der Waals surface area contributed by atoms with Crippen LogP contribution in [0.1, 0.15) is 0 Å². The van der Waals surface area contributed by atoms with Gasteiger partial charge in [-0.25, -0.2) is 4.68 Å². The molecule has 1 amide bonds. The summed E-state index contributed by atoms with van der Waals surface area (Å²) in [6.07, 6.45) is 0. The van der Waals surface area contributed by atoms with Gasteiger partial charge in [0.05, 0.1) is 25.4 Å². The van der Waals surface area contributed by atoms with Crippen LogP contribution in [-0.4, -0.2) is 65.1 Å². The molecule has 0 saturated carbocycles. The SMILES string of the molecule is CN1C(=O)Cn2c(nn(CCN3CCOCC3)c(=O)c2=O)-c2cc(Cl)ccc21.Cl. The third-order valence-electron chi connectivity index (χ3n) is 5.09. The molecule has 9 nitrogen and oxygen atoms in total. The molecule has 0 atom stereocenters. The van der Waals surface area contributed by atoms with Crippen molar-refractivity contribution < 1.29 is 9.53 Å². The van der Waals surface area contributed by atoms with Crippen molar-refractivity contribution in [2.45, 2.75) is 13.1 Å². The summed E-state index contributed by atoms with van der Waals surface area (Å²) in [4.78, 5) is 41.4. The highest BCUT2D eigenvalue weighted by Crippen LogP contribution is 2.33. The molecule has 0 radical (unpaired) electrons. The van der Waals surface area contributed by atoms with E-state index in [1.54, 1.807) is 25.2 Å². The number of nitrogens with zero attached hydrogens (tertiary/aromatic N) is 5. The molecular weight excluding hydrogens is 421 g/mol. The van der Waals surface area contributed by atoms with Crippen LogP contribution in [-0.2, 0) is 22.6 Å². The third-order valence-corrected chi connectivity index (χ3v) is 5.33. The van der Waals surface area contributed by atoms with Crippen molar-refractivity contribution in [1.82, 2.24) is 19.2 Å². The van der Waals surface area contributed by atoms with Crippen LogP contribution in [0.5, 0.6) is 0 Å². The molecule has 156 valence electrons. The monoisotopic (exact) mass is 441 g/mol. The lowest BCUT2D eigenvalue weighted by Gasteiger charge is -2.26. The first-order valence-corrected chi connectivity index (χ1v) is 9.42. The molecule has 11 heteroatoms. The van der Waals surface area contributed by atoms with Gasteiger partial charge in [-0.1, -0.05) is 11.6 Å². The molecular formula is C18H21Cl2N5O4. The van der Waals surface area contributed by atoms with E-state index in [0.717, 1.165) is 17.7 Å². The second-order valence-electron chi connectivity index (χ2n) is 6.81. The largest absolute Gasteiger partial charge is 0.379 e. The number of benzene rings is 1. The molecule has 2 aliphatic heterocycles. The molecule has 4 rings (SSSR count). The Bertz CT molecular complexity index is 1050. The molecule has 0 N–H and O–H groups in total. The zero-order valence-corrected chi connectivity index (χ0v) is 17.4. The molecule has 29 heavy (non-hydrogen) atoms. The lowest BCUT2D eigenvalue weighted by Crippen LogP contribution is -2.47.